The molecule has 2 N–H and O–H groups in total. The van der Waals surface area contributed by atoms with Crippen LogP contribution >= 0.6 is 0 Å². The number of amides is 3. The van der Waals surface area contributed by atoms with E-state index < -0.39 is 12.0 Å². The molecule has 1 heterocycles. The Bertz CT molecular complexity index is 327. The number of piperidine rings is 1. The van der Waals surface area contributed by atoms with Crippen LogP contribution in [0.2, 0.25) is 0 Å². The Labute approximate surface area is 112 Å². The summed E-state index contributed by atoms with van der Waals surface area (Å²) in [5, 5.41) is 4.76. The highest BCUT2D eigenvalue weighted by Gasteiger charge is 2.16. The van der Waals surface area contributed by atoms with E-state index in [-0.39, 0.29) is 25.6 Å². The van der Waals surface area contributed by atoms with Crippen LogP contribution in [0.25, 0.3) is 0 Å². The van der Waals surface area contributed by atoms with E-state index in [1.54, 1.807) is 11.8 Å². The van der Waals surface area contributed by atoms with Crippen LogP contribution in [-0.2, 0) is 14.3 Å². The van der Waals surface area contributed by atoms with Crippen molar-refractivity contribution in [2.75, 3.05) is 32.8 Å². The third kappa shape index (κ3) is 6.08. The van der Waals surface area contributed by atoms with Gasteiger partial charge in [0.15, 0.2) is 0 Å². The maximum Gasteiger partial charge on any atom is 0.325 e. The molecule has 0 aromatic rings. The Balaban J connectivity index is 2.15. The van der Waals surface area contributed by atoms with E-state index in [1.165, 1.54) is 0 Å². The summed E-state index contributed by atoms with van der Waals surface area (Å²) in [6.45, 7) is 3.23. The van der Waals surface area contributed by atoms with Crippen molar-refractivity contribution in [1.82, 2.24) is 15.5 Å². The molecule has 1 aliphatic rings. The maximum absolute atomic E-state index is 11.7. The van der Waals surface area contributed by atoms with E-state index in [1.807, 2.05) is 0 Å². The van der Waals surface area contributed by atoms with Crippen molar-refractivity contribution < 1.29 is 19.1 Å². The van der Waals surface area contributed by atoms with Crippen LogP contribution in [0, 0.1) is 0 Å². The predicted molar refractivity (Wildman–Crippen MR) is 68.5 cm³/mol. The zero-order chi connectivity index (χ0) is 14.1. The third-order valence-corrected chi connectivity index (χ3v) is 2.81. The summed E-state index contributed by atoms with van der Waals surface area (Å²) in [6.07, 6.45) is 3.18. The minimum Gasteiger partial charge on any atom is -0.465 e. The minimum absolute atomic E-state index is 0.0470. The number of hydrogen-bond donors (Lipinski definition) is 2. The molecule has 1 aliphatic heterocycles. The molecule has 0 atom stereocenters. The Kier molecular flexibility index (Phi) is 6.70. The largest absolute Gasteiger partial charge is 0.465 e. The summed E-state index contributed by atoms with van der Waals surface area (Å²) in [4.78, 5) is 35.8. The quantitative estimate of drug-likeness (QED) is 0.681. The van der Waals surface area contributed by atoms with Crippen molar-refractivity contribution in [3.63, 3.8) is 0 Å². The van der Waals surface area contributed by atoms with E-state index >= 15 is 0 Å². The van der Waals surface area contributed by atoms with Crippen LogP contribution in [0.4, 0.5) is 4.79 Å². The summed E-state index contributed by atoms with van der Waals surface area (Å²) in [5.74, 6) is -0.592. The van der Waals surface area contributed by atoms with Crippen LogP contribution in [0.15, 0.2) is 0 Å². The first kappa shape index (κ1) is 15.3. The highest BCUT2D eigenvalue weighted by Crippen LogP contribution is 2.07. The molecular weight excluding hydrogens is 250 g/mol. The number of urea groups is 1. The lowest BCUT2D eigenvalue weighted by Gasteiger charge is -2.26. The monoisotopic (exact) mass is 271 g/mol. The first-order valence-electron chi connectivity index (χ1n) is 6.58. The lowest BCUT2D eigenvalue weighted by atomic mass is 10.1. The fourth-order valence-electron chi connectivity index (χ4n) is 1.84. The van der Waals surface area contributed by atoms with Gasteiger partial charge in [0.2, 0.25) is 5.91 Å². The SMILES string of the molecule is CCOC(=O)CNC(=O)NCC(=O)N1CCCCC1. The first-order valence-corrected chi connectivity index (χ1v) is 6.58. The molecule has 19 heavy (non-hydrogen) atoms. The lowest BCUT2D eigenvalue weighted by Crippen LogP contribution is -2.46. The zero-order valence-corrected chi connectivity index (χ0v) is 11.2. The lowest BCUT2D eigenvalue weighted by molar-refractivity contribution is -0.141. The normalized spacial score (nSPS) is 14.7. The number of ether oxygens (including phenoxy) is 1. The topological polar surface area (TPSA) is 87.7 Å². The number of nitrogens with one attached hydrogen (secondary N) is 2. The average Bonchev–Trinajstić information content (AvgIpc) is 2.44. The van der Waals surface area contributed by atoms with Crippen molar-refractivity contribution in [3.05, 3.63) is 0 Å². The summed E-state index contributed by atoms with van der Waals surface area (Å²) in [5.41, 5.74) is 0. The van der Waals surface area contributed by atoms with Crippen molar-refractivity contribution in [2.24, 2.45) is 0 Å². The van der Waals surface area contributed by atoms with Gasteiger partial charge in [0.05, 0.1) is 13.2 Å². The van der Waals surface area contributed by atoms with Gasteiger partial charge in [0, 0.05) is 13.1 Å². The number of hydrogen-bond acceptors (Lipinski definition) is 4. The fraction of sp³-hybridized carbons (Fsp3) is 0.750. The van der Waals surface area contributed by atoms with E-state index in [9.17, 15) is 14.4 Å². The van der Waals surface area contributed by atoms with Crippen LogP contribution in [-0.4, -0.2) is 55.6 Å². The summed E-state index contributed by atoms with van der Waals surface area (Å²) < 4.78 is 4.66. The van der Waals surface area contributed by atoms with Gasteiger partial charge in [0.25, 0.3) is 0 Å². The van der Waals surface area contributed by atoms with Gasteiger partial charge in [-0.25, -0.2) is 4.79 Å². The molecule has 0 saturated carbocycles. The van der Waals surface area contributed by atoms with Gasteiger partial charge in [-0.1, -0.05) is 0 Å². The van der Waals surface area contributed by atoms with Crippen molar-refractivity contribution in [2.45, 2.75) is 26.2 Å². The van der Waals surface area contributed by atoms with Crippen LogP contribution in [0.5, 0.6) is 0 Å². The van der Waals surface area contributed by atoms with Gasteiger partial charge in [-0.3, -0.25) is 9.59 Å². The first-order chi connectivity index (χ1) is 9.13. The van der Waals surface area contributed by atoms with E-state index in [0.29, 0.717) is 0 Å². The molecule has 7 nitrogen and oxygen atoms in total. The second-order valence-corrected chi connectivity index (χ2v) is 4.28. The van der Waals surface area contributed by atoms with E-state index in [0.717, 1.165) is 32.4 Å². The molecule has 3 amide bonds. The summed E-state index contributed by atoms with van der Waals surface area (Å²) in [7, 11) is 0. The predicted octanol–water partition coefficient (Wildman–Crippen LogP) is -0.139. The molecule has 0 spiro atoms. The van der Waals surface area contributed by atoms with Crippen molar-refractivity contribution >= 4 is 17.9 Å². The number of nitrogens with zero attached hydrogens (tertiary/aromatic N) is 1. The highest BCUT2D eigenvalue weighted by atomic mass is 16.5. The smallest absolute Gasteiger partial charge is 0.325 e. The molecule has 0 unspecified atom stereocenters. The van der Waals surface area contributed by atoms with Gasteiger partial charge < -0.3 is 20.3 Å². The van der Waals surface area contributed by atoms with E-state index in [2.05, 4.69) is 15.4 Å². The number of rotatable bonds is 5. The van der Waals surface area contributed by atoms with Crippen molar-refractivity contribution in [1.29, 1.82) is 0 Å². The molecule has 7 heteroatoms. The number of carbonyl (C=O) groups excluding carboxylic acids is 3. The minimum atomic E-state index is -0.543. The molecule has 0 aliphatic carbocycles. The zero-order valence-electron chi connectivity index (χ0n) is 11.2. The standard InChI is InChI=1S/C12H21N3O4/c1-2-19-11(17)9-14-12(18)13-8-10(16)15-6-4-3-5-7-15/h2-9H2,1H3,(H2,13,14,18). The van der Waals surface area contributed by atoms with Gasteiger partial charge in [0.1, 0.15) is 6.54 Å². The van der Waals surface area contributed by atoms with Crippen LogP contribution in [0.1, 0.15) is 26.2 Å². The Morgan fingerprint density at radius 1 is 1.05 bits per heavy atom. The Morgan fingerprint density at radius 3 is 2.32 bits per heavy atom. The molecule has 0 radical (unpaired) electrons. The summed E-state index contributed by atoms with van der Waals surface area (Å²) >= 11 is 0. The third-order valence-electron chi connectivity index (χ3n) is 2.81. The molecular formula is C12H21N3O4. The second-order valence-electron chi connectivity index (χ2n) is 4.28. The van der Waals surface area contributed by atoms with Crippen LogP contribution < -0.4 is 10.6 Å². The molecule has 1 rings (SSSR count). The fourth-order valence-corrected chi connectivity index (χ4v) is 1.84. The number of esters is 1. The molecule has 108 valence electrons. The molecule has 0 aromatic heterocycles. The molecule has 1 saturated heterocycles. The Hall–Kier alpha value is -1.79. The summed E-state index contributed by atoms with van der Waals surface area (Å²) in [6, 6.07) is -0.543. The van der Waals surface area contributed by atoms with Crippen molar-refractivity contribution in [3.8, 4) is 0 Å². The number of carbonyl (C=O) groups is 3. The average molecular weight is 271 g/mol. The Morgan fingerprint density at radius 2 is 1.68 bits per heavy atom. The highest BCUT2D eigenvalue weighted by molar-refractivity contribution is 5.85. The van der Waals surface area contributed by atoms with Gasteiger partial charge in [-0.15, -0.1) is 0 Å². The van der Waals surface area contributed by atoms with Gasteiger partial charge in [-0.05, 0) is 26.2 Å². The molecule has 0 bridgehead atoms. The molecule has 0 aromatic carbocycles. The number of likely N-dealkylation sites (tertiary alicyclic amines) is 1. The van der Waals surface area contributed by atoms with Gasteiger partial charge in [-0.2, -0.15) is 0 Å². The van der Waals surface area contributed by atoms with Gasteiger partial charge >= 0.3 is 12.0 Å². The maximum atomic E-state index is 11.7. The molecule has 1 fully saturated rings. The van der Waals surface area contributed by atoms with E-state index in [4.69, 9.17) is 0 Å². The second kappa shape index (κ2) is 8.34. The van der Waals surface area contributed by atoms with Crippen LogP contribution in [0.3, 0.4) is 0 Å².